The van der Waals surface area contributed by atoms with Gasteiger partial charge in [-0.3, -0.25) is 24.2 Å². The number of thioether (sulfide) groups is 2. The number of fused-ring (bicyclic) bond motifs is 1. The summed E-state index contributed by atoms with van der Waals surface area (Å²) in [5.41, 5.74) is 0.671. The molecule has 200 valence electrons. The second-order valence-corrected chi connectivity index (χ2v) is 10.4. The second kappa shape index (κ2) is 13.0. The fraction of sp³-hybridized carbons (Fsp3) is 0.364. The summed E-state index contributed by atoms with van der Waals surface area (Å²) >= 11 is 2.52. The molecule has 1 fully saturated rings. The second-order valence-electron chi connectivity index (χ2n) is 8.38. The number of nitrogens with zero attached hydrogens (tertiary/aromatic N) is 6. The molecule has 17 heteroatoms. The van der Waals surface area contributed by atoms with Gasteiger partial charge in [-0.05, 0) is 21.6 Å². The van der Waals surface area contributed by atoms with E-state index in [0.29, 0.717) is 16.3 Å². The number of carbonyl (C=O) groups excluding carboxylic acids is 5. The minimum atomic E-state index is -1.50. The molecule has 2 unspecified atom stereocenters. The Morgan fingerprint density at radius 1 is 1.26 bits per heavy atom. The van der Waals surface area contributed by atoms with Crippen molar-refractivity contribution in [2.24, 2.45) is 7.05 Å². The Morgan fingerprint density at radius 3 is 2.54 bits per heavy atom. The van der Waals surface area contributed by atoms with Gasteiger partial charge in [0.2, 0.25) is 17.0 Å². The van der Waals surface area contributed by atoms with Crippen molar-refractivity contribution >= 4 is 53.2 Å². The molecule has 0 saturated carbocycles. The number of hydrogen-bond donors (Lipinski definition) is 2. The number of aryl methyl sites for hydroxylation is 1. The van der Waals surface area contributed by atoms with E-state index in [0.717, 1.165) is 9.80 Å². The minimum absolute atomic E-state index is 0. The topological polar surface area (TPSA) is 183 Å². The van der Waals surface area contributed by atoms with Crippen LogP contribution in [0.3, 0.4) is 0 Å². The summed E-state index contributed by atoms with van der Waals surface area (Å²) < 4.78 is 1.44. The van der Waals surface area contributed by atoms with E-state index in [2.05, 4.69) is 26.2 Å². The van der Waals surface area contributed by atoms with Gasteiger partial charge in [0, 0.05) is 32.5 Å². The van der Waals surface area contributed by atoms with Gasteiger partial charge in [0.1, 0.15) is 17.5 Å². The predicted molar refractivity (Wildman–Crippen MR) is 133 cm³/mol. The van der Waals surface area contributed by atoms with Gasteiger partial charge in [-0.2, -0.15) is 0 Å². The number of urea groups is 1. The summed E-state index contributed by atoms with van der Waals surface area (Å²) in [6.07, 6.45) is 0. The van der Waals surface area contributed by atoms with Gasteiger partial charge in [0.05, 0.1) is 11.7 Å². The third kappa shape index (κ3) is 6.46. The fourth-order valence-corrected chi connectivity index (χ4v) is 6.16. The smallest absolute Gasteiger partial charge is 0.543 e. The Bertz CT molecular complexity index is 1320. The van der Waals surface area contributed by atoms with Crippen LogP contribution < -0.4 is 45.3 Å². The largest absolute Gasteiger partial charge is 1.00 e. The molecular weight excluding hydrogens is 559 g/mol. The van der Waals surface area contributed by atoms with Crippen molar-refractivity contribution in [2.45, 2.75) is 29.5 Å². The zero-order valence-electron chi connectivity index (χ0n) is 21.5. The number of carboxylic acids is 1. The van der Waals surface area contributed by atoms with Crippen molar-refractivity contribution in [1.82, 2.24) is 40.6 Å². The molecule has 2 aliphatic heterocycles. The molecule has 1 saturated heterocycles. The number of hydrogen-bond acceptors (Lipinski definition) is 11. The molecule has 0 spiro atoms. The van der Waals surface area contributed by atoms with E-state index in [1.54, 1.807) is 37.4 Å². The van der Waals surface area contributed by atoms with Crippen LogP contribution in [0.15, 0.2) is 46.8 Å². The first kappa shape index (κ1) is 30.6. The molecule has 1 aromatic carbocycles. The summed E-state index contributed by atoms with van der Waals surface area (Å²) in [5, 5.41) is 28.1. The molecule has 0 bridgehead atoms. The predicted octanol–water partition coefficient (Wildman–Crippen LogP) is -4.36. The number of aliphatic carboxylic acids is 1. The number of β-lactam (4-membered cyclic amide) rings is 1. The van der Waals surface area contributed by atoms with Gasteiger partial charge in [0.25, 0.3) is 5.91 Å². The molecule has 5 amide bonds. The normalized spacial score (nSPS) is 18.7. The van der Waals surface area contributed by atoms with Gasteiger partial charge in [-0.1, -0.05) is 42.1 Å². The van der Waals surface area contributed by atoms with Gasteiger partial charge in [0.15, 0.2) is 0 Å². The van der Waals surface area contributed by atoms with Crippen LogP contribution in [0.4, 0.5) is 4.79 Å². The van der Waals surface area contributed by atoms with Crippen LogP contribution in [0.1, 0.15) is 18.5 Å². The Hall–Kier alpha value is -2.92. The van der Waals surface area contributed by atoms with E-state index in [9.17, 15) is 29.1 Å². The summed E-state index contributed by atoms with van der Waals surface area (Å²) in [6, 6.07) is 5.31. The number of carboxylic acid groups (broad SMARTS) is 1. The van der Waals surface area contributed by atoms with Crippen molar-refractivity contribution in [3.05, 3.63) is 47.2 Å². The number of imide groups is 1. The molecule has 1 aromatic heterocycles. The van der Waals surface area contributed by atoms with Crippen molar-refractivity contribution < 1.29 is 58.6 Å². The van der Waals surface area contributed by atoms with Crippen LogP contribution in [-0.2, 0) is 26.2 Å². The maximum absolute atomic E-state index is 13.3. The van der Waals surface area contributed by atoms with E-state index in [-0.39, 0.29) is 46.8 Å². The standard InChI is InChI=1S/C22H24N8O6S2.Na/c1-11(31)28(2)21(36)24-14(12-7-5-4-6-8-12)17(32)23-15-18(33)30-16(20(34)35)13(9-37-19(15)30)10-38-22-25-26-27-29(22)3;/h4-8,14-15,19H,9-10H2,1-3H3,(H,23,32)(H,24,36)(H,34,35);/q;+1/p-1/t14?,15?,19-;/m0./s1. The third-order valence-electron chi connectivity index (χ3n) is 5.93. The molecule has 39 heavy (non-hydrogen) atoms. The van der Waals surface area contributed by atoms with Gasteiger partial charge < -0.3 is 20.5 Å². The number of carbonyl (C=O) groups is 5. The van der Waals surface area contributed by atoms with E-state index in [1.165, 1.54) is 42.2 Å². The average molecular weight is 583 g/mol. The van der Waals surface area contributed by atoms with Crippen LogP contribution in [0.5, 0.6) is 0 Å². The van der Waals surface area contributed by atoms with Gasteiger partial charge >= 0.3 is 35.6 Å². The van der Waals surface area contributed by atoms with Crippen molar-refractivity contribution in [1.29, 1.82) is 0 Å². The molecule has 0 aliphatic carbocycles. The fourth-order valence-electron chi connectivity index (χ4n) is 3.82. The number of rotatable bonds is 8. The number of aromatic nitrogens is 4. The SMILES string of the molecule is CC(=O)N(C)C(=O)NC(C(=O)NC1C(=O)N2C(C(=O)[O-])=C(CSc3nnnn3C)CS[C@@H]12)c1ccccc1.[Na+]. The third-order valence-corrected chi connectivity index (χ3v) is 8.37. The monoisotopic (exact) mass is 582 g/mol. The summed E-state index contributed by atoms with van der Waals surface area (Å²) in [6.45, 7) is 1.21. The first-order valence-corrected chi connectivity index (χ1v) is 13.3. The molecule has 3 heterocycles. The van der Waals surface area contributed by atoms with Crippen LogP contribution in [0.25, 0.3) is 0 Å². The molecule has 2 N–H and O–H groups in total. The van der Waals surface area contributed by atoms with Crippen LogP contribution in [-0.4, -0.2) is 89.7 Å². The Morgan fingerprint density at radius 2 is 1.95 bits per heavy atom. The molecule has 2 aromatic rings. The van der Waals surface area contributed by atoms with Crippen molar-refractivity contribution in [3.8, 4) is 0 Å². The quantitative estimate of drug-likeness (QED) is 0.174. The van der Waals surface area contributed by atoms with Crippen molar-refractivity contribution in [3.63, 3.8) is 0 Å². The van der Waals surface area contributed by atoms with Crippen LogP contribution >= 0.6 is 23.5 Å². The van der Waals surface area contributed by atoms with E-state index in [4.69, 9.17) is 0 Å². The first-order chi connectivity index (χ1) is 18.1. The molecule has 14 nitrogen and oxygen atoms in total. The average Bonchev–Trinajstić information content (AvgIpc) is 3.32. The Labute approximate surface area is 253 Å². The zero-order chi connectivity index (χ0) is 27.6. The summed E-state index contributed by atoms with van der Waals surface area (Å²) in [4.78, 5) is 64.3. The van der Waals surface area contributed by atoms with E-state index >= 15 is 0 Å². The molecule has 4 rings (SSSR count). The molecule has 2 aliphatic rings. The maximum atomic E-state index is 13.3. The molecule has 3 atom stereocenters. The zero-order valence-corrected chi connectivity index (χ0v) is 25.1. The number of amides is 5. The summed E-state index contributed by atoms with van der Waals surface area (Å²) in [7, 11) is 2.92. The van der Waals surface area contributed by atoms with Crippen molar-refractivity contribution in [2.75, 3.05) is 18.6 Å². The number of benzene rings is 1. The Kier molecular flexibility index (Phi) is 10.2. The van der Waals surface area contributed by atoms with Gasteiger partial charge in [-0.25, -0.2) is 9.48 Å². The first-order valence-electron chi connectivity index (χ1n) is 11.2. The van der Waals surface area contributed by atoms with Crippen LogP contribution in [0, 0.1) is 0 Å². The minimum Gasteiger partial charge on any atom is -0.543 e. The summed E-state index contributed by atoms with van der Waals surface area (Å²) in [5.74, 6) is -2.81. The van der Waals surface area contributed by atoms with Gasteiger partial charge in [-0.15, -0.1) is 16.9 Å². The van der Waals surface area contributed by atoms with E-state index in [1.807, 2.05) is 0 Å². The molecule has 0 radical (unpaired) electrons. The number of tetrazole rings is 1. The molecular formula is C22H23N8NaO6S2. The van der Waals surface area contributed by atoms with E-state index < -0.39 is 47.2 Å². The van der Waals surface area contributed by atoms with Crippen LogP contribution in [0.2, 0.25) is 0 Å². The number of nitrogens with one attached hydrogen (secondary N) is 2. The Balaban J connectivity index is 0.00000420. The maximum Gasteiger partial charge on any atom is 1.00 e.